The molecular weight excluding hydrogens is 176 g/mol. The van der Waals surface area contributed by atoms with Gasteiger partial charge in [0.15, 0.2) is 6.29 Å². The van der Waals surface area contributed by atoms with Crippen molar-refractivity contribution in [1.29, 1.82) is 0 Å². The molecule has 1 unspecified atom stereocenters. The van der Waals surface area contributed by atoms with Crippen LogP contribution in [0.15, 0.2) is 30.3 Å². The van der Waals surface area contributed by atoms with Crippen LogP contribution in [0.2, 0.25) is 0 Å². The molecule has 0 aliphatic heterocycles. The van der Waals surface area contributed by atoms with Crippen LogP contribution in [-0.2, 0) is 9.47 Å². The van der Waals surface area contributed by atoms with Crippen LogP contribution in [-0.4, -0.2) is 13.2 Å². The van der Waals surface area contributed by atoms with Crippen LogP contribution in [0.1, 0.15) is 11.9 Å². The van der Waals surface area contributed by atoms with Crippen molar-refractivity contribution in [2.45, 2.75) is 6.29 Å². The maximum Gasteiger partial charge on any atom is 0.184 e. The summed E-state index contributed by atoms with van der Waals surface area (Å²) in [6.45, 7) is 0. The number of hydrogen-bond acceptors (Lipinski definition) is 2. The van der Waals surface area contributed by atoms with Crippen LogP contribution in [0.25, 0.3) is 0 Å². The summed E-state index contributed by atoms with van der Waals surface area (Å²) in [7, 11) is 1.59. The molecule has 3 heteroatoms. The smallest absolute Gasteiger partial charge is 0.184 e. The lowest BCUT2D eigenvalue weighted by Gasteiger charge is -2.13. The Kier molecular flexibility index (Phi) is 4.08. The molecular formula is C9H11ClO2. The predicted octanol–water partition coefficient (Wildman–Crippen LogP) is 2.54. The Morgan fingerprint density at radius 2 is 2.00 bits per heavy atom. The van der Waals surface area contributed by atoms with Gasteiger partial charge in [0.25, 0.3) is 0 Å². The first-order chi connectivity index (χ1) is 5.88. The van der Waals surface area contributed by atoms with Gasteiger partial charge in [-0.15, -0.1) is 0 Å². The largest absolute Gasteiger partial charge is 0.352 e. The number of rotatable bonds is 4. The van der Waals surface area contributed by atoms with Gasteiger partial charge in [-0.05, 0) is 0 Å². The van der Waals surface area contributed by atoms with Gasteiger partial charge in [0, 0.05) is 12.7 Å². The van der Waals surface area contributed by atoms with Crippen LogP contribution < -0.4 is 0 Å². The zero-order chi connectivity index (χ0) is 8.81. The van der Waals surface area contributed by atoms with Gasteiger partial charge in [-0.2, -0.15) is 0 Å². The summed E-state index contributed by atoms with van der Waals surface area (Å²) >= 11 is 5.42. The van der Waals surface area contributed by atoms with Crippen molar-refractivity contribution in [1.82, 2.24) is 0 Å². The lowest BCUT2D eigenvalue weighted by Crippen LogP contribution is -2.04. The molecule has 0 fully saturated rings. The molecule has 0 heterocycles. The highest BCUT2D eigenvalue weighted by molar-refractivity contribution is 6.17. The molecule has 0 aromatic heterocycles. The van der Waals surface area contributed by atoms with E-state index in [0.29, 0.717) is 0 Å². The Morgan fingerprint density at radius 3 is 2.50 bits per heavy atom. The molecule has 2 nitrogen and oxygen atoms in total. The van der Waals surface area contributed by atoms with Gasteiger partial charge in [-0.1, -0.05) is 41.9 Å². The van der Waals surface area contributed by atoms with Gasteiger partial charge in [-0.3, -0.25) is 0 Å². The van der Waals surface area contributed by atoms with Crippen LogP contribution in [0.5, 0.6) is 0 Å². The number of halogens is 1. The molecule has 1 atom stereocenters. The molecule has 0 bridgehead atoms. The van der Waals surface area contributed by atoms with Crippen LogP contribution in [0, 0.1) is 0 Å². The summed E-state index contributed by atoms with van der Waals surface area (Å²) in [4.78, 5) is 0. The number of methoxy groups -OCH3 is 1. The van der Waals surface area contributed by atoms with Crippen molar-refractivity contribution < 1.29 is 9.47 Å². The summed E-state index contributed by atoms with van der Waals surface area (Å²) < 4.78 is 10.2. The molecule has 12 heavy (non-hydrogen) atoms. The SMILES string of the molecule is COC(OCCl)c1ccccc1. The van der Waals surface area contributed by atoms with E-state index in [1.165, 1.54) is 0 Å². The Hall–Kier alpha value is -0.570. The van der Waals surface area contributed by atoms with Crippen molar-refractivity contribution >= 4 is 11.6 Å². The Bertz CT molecular complexity index is 213. The van der Waals surface area contributed by atoms with Crippen molar-refractivity contribution in [2.75, 3.05) is 13.2 Å². The highest BCUT2D eigenvalue weighted by Crippen LogP contribution is 2.17. The minimum Gasteiger partial charge on any atom is -0.352 e. The minimum absolute atomic E-state index is 0.132. The van der Waals surface area contributed by atoms with Gasteiger partial charge in [-0.25, -0.2) is 0 Å². The molecule has 0 saturated carbocycles. The molecule has 1 aromatic rings. The molecule has 66 valence electrons. The van der Waals surface area contributed by atoms with E-state index in [4.69, 9.17) is 21.1 Å². The van der Waals surface area contributed by atoms with Crippen LogP contribution in [0.4, 0.5) is 0 Å². The summed E-state index contributed by atoms with van der Waals surface area (Å²) in [6.07, 6.45) is -0.358. The molecule has 0 saturated heterocycles. The summed E-state index contributed by atoms with van der Waals surface area (Å²) in [5.41, 5.74) is 0.973. The van der Waals surface area contributed by atoms with E-state index in [1.54, 1.807) is 7.11 Å². The van der Waals surface area contributed by atoms with Gasteiger partial charge in [0.2, 0.25) is 0 Å². The Balaban J connectivity index is 2.66. The lowest BCUT2D eigenvalue weighted by atomic mass is 10.2. The second-order valence-electron chi connectivity index (χ2n) is 2.25. The van der Waals surface area contributed by atoms with E-state index in [2.05, 4.69) is 0 Å². The molecule has 1 rings (SSSR count). The lowest BCUT2D eigenvalue weighted by molar-refractivity contribution is -0.113. The molecule has 1 aromatic carbocycles. The summed E-state index contributed by atoms with van der Waals surface area (Å²) in [5, 5.41) is 0. The monoisotopic (exact) mass is 186 g/mol. The first-order valence-electron chi connectivity index (χ1n) is 3.63. The fraction of sp³-hybridized carbons (Fsp3) is 0.333. The molecule has 0 amide bonds. The third kappa shape index (κ3) is 2.48. The predicted molar refractivity (Wildman–Crippen MR) is 48.0 cm³/mol. The third-order valence-corrected chi connectivity index (χ3v) is 1.63. The van der Waals surface area contributed by atoms with E-state index in [-0.39, 0.29) is 12.4 Å². The second-order valence-corrected chi connectivity index (χ2v) is 2.47. The van der Waals surface area contributed by atoms with Gasteiger partial charge >= 0.3 is 0 Å². The van der Waals surface area contributed by atoms with E-state index >= 15 is 0 Å². The summed E-state index contributed by atoms with van der Waals surface area (Å²) in [6, 6.07) is 9.80. The highest BCUT2D eigenvalue weighted by Gasteiger charge is 2.08. The average Bonchev–Trinajstić information content (AvgIpc) is 2.15. The number of hydrogen-bond donors (Lipinski definition) is 0. The normalized spacial score (nSPS) is 12.8. The quantitative estimate of drug-likeness (QED) is 0.532. The fourth-order valence-corrected chi connectivity index (χ4v) is 1.08. The molecule has 0 N–H and O–H groups in total. The molecule has 0 radical (unpaired) electrons. The van der Waals surface area contributed by atoms with Crippen molar-refractivity contribution in [2.24, 2.45) is 0 Å². The first kappa shape index (κ1) is 9.52. The number of alkyl halides is 1. The van der Waals surface area contributed by atoms with Gasteiger partial charge in [0.1, 0.15) is 6.07 Å². The second kappa shape index (κ2) is 5.14. The number of benzene rings is 1. The van der Waals surface area contributed by atoms with Crippen molar-refractivity contribution in [3.63, 3.8) is 0 Å². The van der Waals surface area contributed by atoms with Crippen molar-refractivity contribution in [3.8, 4) is 0 Å². The maximum absolute atomic E-state index is 5.42. The molecule has 0 aliphatic rings. The minimum atomic E-state index is -0.358. The van der Waals surface area contributed by atoms with E-state index in [9.17, 15) is 0 Å². The Morgan fingerprint density at radius 1 is 1.33 bits per heavy atom. The first-order valence-corrected chi connectivity index (χ1v) is 4.17. The Labute approximate surface area is 77.1 Å². The van der Waals surface area contributed by atoms with Crippen LogP contribution in [0.3, 0.4) is 0 Å². The fourth-order valence-electron chi connectivity index (χ4n) is 0.968. The average molecular weight is 187 g/mol. The molecule has 0 spiro atoms. The highest BCUT2D eigenvalue weighted by atomic mass is 35.5. The third-order valence-electron chi connectivity index (χ3n) is 1.50. The summed E-state index contributed by atoms with van der Waals surface area (Å²) in [5.74, 6) is 0. The van der Waals surface area contributed by atoms with Crippen LogP contribution >= 0.6 is 11.6 Å². The zero-order valence-electron chi connectivity index (χ0n) is 6.87. The van der Waals surface area contributed by atoms with Gasteiger partial charge < -0.3 is 9.47 Å². The number of ether oxygens (including phenoxy) is 2. The zero-order valence-corrected chi connectivity index (χ0v) is 7.62. The van der Waals surface area contributed by atoms with E-state index in [1.807, 2.05) is 30.3 Å². The molecule has 0 aliphatic carbocycles. The van der Waals surface area contributed by atoms with E-state index in [0.717, 1.165) is 5.56 Å². The van der Waals surface area contributed by atoms with Crippen molar-refractivity contribution in [3.05, 3.63) is 35.9 Å². The van der Waals surface area contributed by atoms with Gasteiger partial charge in [0.05, 0.1) is 0 Å². The topological polar surface area (TPSA) is 18.5 Å². The maximum atomic E-state index is 5.42. The standard InChI is InChI=1S/C9H11ClO2/c1-11-9(12-7-10)8-5-3-2-4-6-8/h2-6,9H,7H2,1H3. The van der Waals surface area contributed by atoms with E-state index < -0.39 is 0 Å².